The van der Waals surface area contributed by atoms with Crippen molar-refractivity contribution >= 4 is 5.97 Å². The Morgan fingerprint density at radius 2 is 2.54 bits per heavy atom. The van der Waals surface area contributed by atoms with E-state index in [9.17, 15) is 4.79 Å². The molecule has 0 aromatic carbocycles. The highest BCUT2D eigenvalue weighted by Crippen LogP contribution is 2.03. The molecule has 0 aromatic rings. The van der Waals surface area contributed by atoms with E-state index in [0.717, 1.165) is 6.54 Å². The minimum absolute atomic E-state index is 0.393. The molecule has 13 heavy (non-hydrogen) atoms. The van der Waals surface area contributed by atoms with Crippen LogP contribution >= 0.6 is 0 Å². The molecular formula is C8H13N3O2. The maximum absolute atomic E-state index is 10.8. The summed E-state index contributed by atoms with van der Waals surface area (Å²) in [5.41, 5.74) is 0. The van der Waals surface area contributed by atoms with Crippen LogP contribution in [0.5, 0.6) is 0 Å². The number of carboxylic acid groups (broad SMARTS) is 1. The first-order chi connectivity index (χ1) is 6.25. The molecule has 1 rings (SSSR count). The van der Waals surface area contributed by atoms with E-state index >= 15 is 0 Å². The number of nitrogens with one attached hydrogen (secondary N) is 1. The molecule has 1 heterocycles. The predicted octanol–water partition coefficient (Wildman–Crippen LogP) is -0.742. The number of piperazine rings is 1. The van der Waals surface area contributed by atoms with E-state index in [1.165, 1.54) is 0 Å². The predicted molar refractivity (Wildman–Crippen MR) is 46.1 cm³/mol. The highest BCUT2D eigenvalue weighted by Gasteiger charge is 2.27. The lowest BCUT2D eigenvalue weighted by Crippen LogP contribution is -2.54. The molecule has 1 aliphatic heterocycles. The summed E-state index contributed by atoms with van der Waals surface area (Å²) in [5, 5.41) is 20.2. The lowest BCUT2D eigenvalue weighted by Gasteiger charge is -2.32. The number of carbonyl (C=O) groups is 1. The molecule has 1 atom stereocenters. The number of aliphatic carboxylic acids is 1. The number of rotatable bonds is 3. The van der Waals surface area contributed by atoms with Crippen LogP contribution in [-0.2, 0) is 4.79 Å². The Balaban J connectivity index is 2.47. The number of nitriles is 1. The van der Waals surface area contributed by atoms with E-state index in [1.807, 2.05) is 11.0 Å². The fourth-order valence-corrected chi connectivity index (χ4v) is 1.45. The third kappa shape index (κ3) is 2.68. The Morgan fingerprint density at radius 3 is 3.15 bits per heavy atom. The van der Waals surface area contributed by atoms with Crippen LogP contribution in [0, 0.1) is 11.3 Å². The largest absolute Gasteiger partial charge is 0.480 e. The first-order valence-corrected chi connectivity index (χ1v) is 4.30. The standard InChI is InChI=1S/C8H13N3O2/c9-2-1-4-11-5-3-10-6-7(11)8(12)13/h7,10H,1,3-6H2,(H,12,13). The second kappa shape index (κ2) is 4.80. The Hall–Kier alpha value is -1.12. The van der Waals surface area contributed by atoms with Gasteiger partial charge in [-0.05, 0) is 0 Å². The van der Waals surface area contributed by atoms with Gasteiger partial charge in [-0.15, -0.1) is 0 Å². The molecule has 0 saturated carbocycles. The zero-order valence-electron chi connectivity index (χ0n) is 7.36. The van der Waals surface area contributed by atoms with Gasteiger partial charge in [0.15, 0.2) is 0 Å². The average Bonchev–Trinajstić information content (AvgIpc) is 2.15. The highest BCUT2D eigenvalue weighted by atomic mass is 16.4. The molecule has 5 nitrogen and oxygen atoms in total. The van der Waals surface area contributed by atoms with Crippen LogP contribution in [0.2, 0.25) is 0 Å². The second-order valence-electron chi connectivity index (χ2n) is 3.00. The van der Waals surface area contributed by atoms with Gasteiger partial charge in [0.05, 0.1) is 6.07 Å². The van der Waals surface area contributed by atoms with Crippen molar-refractivity contribution in [1.82, 2.24) is 10.2 Å². The first-order valence-electron chi connectivity index (χ1n) is 4.30. The van der Waals surface area contributed by atoms with Crippen LogP contribution in [0.25, 0.3) is 0 Å². The van der Waals surface area contributed by atoms with Gasteiger partial charge in [0.25, 0.3) is 0 Å². The number of hydrogen-bond acceptors (Lipinski definition) is 4. The third-order valence-electron chi connectivity index (χ3n) is 2.15. The highest BCUT2D eigenvalue weighted by molar-refractivity contribution is 5.73. The van der Waals surface area contributed by atoms with Crippen molar-refractivity contribution < 1.29 is 9.90 Å². The molecule has 0 radical (unpaired) electrons. The van der Waals surface area contributed by atoms with Crippen molar-refractivity contribution in [2.45, 2.75) is 12.5 Å². The summed E-state index contributed by atoms with van der Waals surface area (Å²) in [5.74, 6) is -0.815. The lowest BCUT2D eigenvalue weighted by molar-refractivity contribution is -0.143. The van der Waals surface area contributed by atoms with E-state index < -0.39 is 12.0 Å². The van der Waals surface area contributed by atoms with Gasteiger partial charge in [-0.2, -0.15) is 5.26 Å². The van der Waals surface area contributed by atoms with Crippen LogP contribution < -0.4 is 5.32 Å². The molecule has 5 heteroatoms. The number of nitrogens with zero attached hydrogens (tertiary/aromatic N) is 2. The Labute approximate surface area is 76.9 Å². The van der Waals surface area contributed by atoms with Crippen LogP contribution in [0.1, 0.15) is 6.42 Å². The lowest BCUT2D eigenvalue weighted by atomic mass is 10.2. The Kier molecular flexibility index (Phi) is 3.68. The second-order valence-corrected chi connectivity index (χ2v) is 3.00. The Bertz CT molecular complexity index is 224. The first kappa shape index (κ1) is 9.96. The smallest absolute Gasteiger partial charge is 0.322 e. The maximum atomic E-state index is 10.8. The van der Waals surface area contributed by atoms with Crippen LogP contribution in [0.15, 0.2) is 0 Å². The molecular weight excluding hydrogens is 170 g/mol. The summed E-state index contributed by atoms with van der Waals surface area (Å²) in [4.78, 5) is 12.6. The molecule has 1 unspecified atom stereocenters. The van der Waals surface area contributed by atoms with Crippen molar-refractivity contribution in [3.05, 3.63) is 0 Å². The van der Waals surface area contributed by atoms with Crippen molar-refractivity contribution in [1.29, 1.82) is 5.26 Å². The van der Waals surface area contributed by atoms with Crippen LogP contribution in [0.3, 0.4) is 0 Å². The van der Waals surface area contributed by atoms with Gasteiger partial charge in [-0.1, -0.05) is 0 Å². The summed E-state index contributed by atoms with van der Waals surface area (Å²) in [6.45, 7) is 2.53. The zero-order valence-corrected chi connectivity index (χ0v) is 7.36. The van der Waals surface area contributed by atoms with E-state index in [0.29, 0.717) is 26.1 Å². The number of hydrogen-bond donors (Lipinski definition) is 2. The van der Waals surface area contributed by atoms with Crippen molar-refractivity contribution in [3.8, 4) is 6.07 Å². The molecule has 2 N–H and O–H groups in total. The van der Waals surface area contributed by atoms with Gasteiger partial charge in [0.1, 0.15) is 6.04 Å². The SMILES string of the molecule is N#CCCN1CCNCC1C(=O)O. The molecule has 72 valence electrons. The molecule has 1 saturated heterocycles. The average molecular weight is 183 g/mol. The van der Waals surface area contributed by atoms with E-state index in [1.54, 1.807) is 0 Å². The molecule has 0 aliphatic carbocycles. The van der Waals surface area contributed by atoms with E-state index in [2.05, 4.69) is 5.32 Å². The third-order valence-corrected chi connectivity index (χ3v) is 2.15. The summed E-state index contributed by atoms with van der Waals surface area (Å²) in [6, 6.07) is 1.55. The normalized spacial score (nSPS) is 23.8. The van der Waals surface area contributed by atoms with Gasteiger partial charge in [0.2, 0.25) is 0 Å². The molecule has 0 spiro atoms. The molecule has 1 aliphatic rings. The maximum Gasteiger partial charge on any atom is 0.322 e. The monoisotopic (exact) mass is 183 g/mol. The van der Waals surface area contributed by atoms with Gasteiger partial charge in [-0.3, -0.25) is 9.69 Å². The van der Waals surface area contributed by atoms with Crippen LogP contribution in [-0.4, -0.2) is 48.2 Å². The van der Waals surface area contributed by atoms with Crippen molar-refractivity contribution in [2.24, 2.45) is 0 Å². The van der Waals surface area contributed by atoms with Gasteiger partial charge >= 0.3 is 5.97 Å². The fraction of sp³-hybridized carbons (Fsp3) is 0.750. The summed E-state index contributed by atoms with van der Waals surface area (Å²) in [7, 11) is 0. The van der Waals surface area contributed by atoms with Gasteiger partial charge < -0.3 is 10.4 Å². The summed E-state index contributed by atoms with van der Waals surface area (Å²) in [6.07, 6.45) is 0.393. The van der Waals surface area contributed by atoms with Crippen LogP contribution in [0.4, 0.5) is 0 Å². The summed E-state index contributed by atoms with van der Waals surface area (Å²) >= 11 is 0. The zero-order chi connectivity index (χ0) is 9.68. The van der Waals surface area contributed by atoms with Gasteiger partial charge in [0, 0.05) is 32.6 Å². The van der Waals surface area contributed by atoms with E-state index in [4.69, 9.17) is 10.4 Å². The fourth-order valence-electron chi connectivity index (χ4n) is 1.45. The van der Waals surface area contributed by atoms with Gasteiger partial charge in [-0.25, -0.2) is 0 Å². The molecule has 1 fully saturated rings. The quantitative estimate of drug-likeness (QED) is 0.602. The topological polar surface area (TPSA) is 76.4 Å². The van der Waals surface area contributed by atoms with Crippen molar-refractivity contribution in [3.63, 3.8) is 0 Å². The number of carboxylic acids is 1. The molecule has 0 bridgehead atoms. The minimum atomic E-state index is -0.815. The van der Waals surface area contributed by atoms with Crippen molar-refractivity contribution in [2.75, 3.05) is 26.2 Å². The minimum Gasteiger partial charge on any atom is -0.480 e. The molecule has 0 aromatic heterocycles. The summed E-state index contributed by atoms with van der Waals surface area (Å²) < 4.78 is 0. The molecule has 0 amide bonds. The van der Waals surface area contributed by atoms with E-state index in [-0.39, 0.29) is 0 Å². The Morgan fingerprint density at radius 1 is 1.77 bits per heavy atom.